The average Bonchev–Trinajstić information content (AvgIpc) is 2.61. The molecule has 1 aromatic rings. The molecule has 2 rings (SSSR count). The van der Waals surface area contributed by atoms with Crippen molar-refractivity contribution in [3.05, 3.63) is 35.4 Å². The molecule has 0 aliphatic carbocycles. The first-order valence-corrected chi connectivity index (χ1v) is 8.88. The van der Waals surface area contributed by atoms with Crippen LogP contribution in [-0.2, 0) is 11.3 Å². The van der Waals surface area contributed by atoms with Crippen LogP contribution in [0.1, 0.15) is 49.0 Å². The lowest BCUT2D eigenvalue weighted by Gasteiger charge is -2.30. The second-order valence-electron chi connectivity index (χ2n) is 6.49. The second-order valence-corrected chi connectivity index (χ2v) is 6.49. The Morgan fingerprint density at radius 3 is 2.54 bits per heavy atom. The van der Waals surface area contributed by atoms with Crippen LogP contribution < -0.4 is 0 Å². The van der Waals surface area contributed by atoms with Crippen LogP contribution in [0.25, 0.3) is 0 Å². The number of hydrogen-bond acceptors (Lipinski definition) is 3. The summed E-state index contributed by atoms with van der Waals surface area (Å²) in [6, 6.07) is 7.73. The molecule has 1 saturated heterocycles. The number of rotatable bonds is 7. The Hall–Kier alpha value is -1.88. The molecule has 1 aromatic carbocycles. The summed E-state index contributed by atoms with van der Waals surface area (Å²) >= 11 is 0. The molecule has 0 spiro atoms. The third kappa shape index (κ3) is 4.81. The molecule has 1 aliphatic rings. The highest BCUT2D eigenvalue weighted by Gasteiger charge is 2.28. The molecule has 1 heterocycles. The zero-order valence-electron chi connectivity index (χ0n) is 14.7. The fourth-order valence-electron chi connectivity index (χ4n) is 3.22. The summed E-state index contributed by atoms with van der Waals surface area (Å²) in [6.45, 7) is 8.26. The largest absolute Gasteiger partial charge is 0.481 e. The SMILES string of the molecule is CCCN(CC)Cc1ccc(C(=O)N2CCCC(C(=O)O)C2)cc1. The number of carbonyl (C=O) groups is 2. The van der Waals surface area contributed by atoms with Crippen LogP contribution in [0.5, 0.6) is 0 Å². The highest BCUT2D eigenvalue weighted by atomic mass is 16.4. The molecular formula is C19H28N2O3. The molecule has 1 fully saturated rings. The van der Waals surface area contributed by atoms with E-state index in [4.69, 9.17) is 5.11 Å². The molecule has 0 bridgehead atoms. The van der Waals surface area contributed by atoms with Gasteiger partial charge in [-0.1, -0.05) is 26.0 Å². The van der Waals surface area contributed by atoms with Gasteiger partial charge in [0, 0.05) is 25.2 Å². The van der Waals surface area contributed by atoms with E-state index in [1.54, 1.807) is 4.90 Å². The topological polar surface area (TPSA) is 60.9 Å². The summed E-state index contributed by atoms with van der Waals surface area (Å²) in [4.78, 5) is 27.8. The molecule has 1 atom stereocenters. The first-order chi connectivity index (χ1) is 11.5. The van der Waals surface area contributed by atoms with Crippen molar-refractivity contribution in [2.45, 2.75) is 39.7 Å². The number of amides is 1. The first-order valence-electron chi connectivity index (χ1n) is 8.88. The van der Waals surface area contributed by atoms with E-state index in [2.05, 4.69) is 18.7 Å². The number of piperidine rings is 1. The van der Waals surface area contributed by atoms with Gasteiger partial charge in [-0.05, 0) is 50.0 Å². The zero-order valence-corrected chi connectivity index (χ0v) is 14.7. The van der Waals surface area contributed by atoms with E-state index < -0.39 is 11.9 Å². The van der Waals surface area contributed by atoms with Gasteiger partial charge >= 0.3 is 5.97 Å². The Kier molecular flexibility index (Phi) is 6.79. The molecule has 0 radical (unpaired) electrons. The third-order valence-electron chi connectivity index (χ3n) is 4.65. The maximum absolute atomic E-state index is 12.6. The minimum Gasteiger partial charge on any atom is -0.481 e. The summed E-state index contributed by atoms with van der Waals surface area (Å²) in [5.74, 6) is -1.30. The molecule has 1 aliphatic heterocycles. The van der Waals surface area contributed by atoms with Crippen LogP contribution in [0, 0.1) is 5.92 Å². The quantitative estimate of drug-likeness (QED) is 0.834. The molecule has 24 heavy (non-hydrogen) atoms. The molecule has 5 heteroatoms. The fraction of sp³-hybridized carbons (Fsp3) is 0.579. The summed E-state index contributed by atoms with van der Waals surface area (Å²) in [7, 11) is 0. The van der Waals surface area contributed by atoms with Gasteiger partial charge < -0.3 is 10.0 Å². The molecule has 1 unspecified atom stereocenters. The summed E-state index contributed by atoms with van der Waals surface area (Å²) in [6.07, 6.45) is 2.54. The van der Waals surface area contributed by atoms with E-state index in [1.807, 2.05) is 24.3 Å². The molecule has 0 saturated carbocycles. The number of nitrogens with zero attached hydrogens (tertiary/aromatic N) is 2. The highest BCUT2D eigenvalue weighted by molar-refractivity contribution is 5.94. The van der Waals surface area contributed by atoms with Gasteiger partial charge in [-0.25, -0.2) is 0 Å². The van der Waals surface area contributed by atoms with E-state index in [9.17, 15) is 9.59 Å². The Morgan fingerprint density at radius 1 is 1.25 bits per heavy atom. The van der Waals surface area contributed by atoms with Crippen LogP contribution in [0.3, 0.4) is 0 Å². The van der Waals surface area contributed by atoms with Crippen LogP contribution in [0.4, 0.5) is 0 Å². The molecular weight excluding hydrogens is 304 g/mol. The van der Waals surface area contributed by atoms with Gasteiger partial charge in [0.05, 0.1) is 5.92 Å². The summed E-state index contributed by atoms with van der Waals surface area (Å²) in [5, 5.41) is 9.15. The van der Waals surface area contributed by atoms with Gasteiger partial charge in [-0.15, -0.1) is 0 Å². The van der Waals surface area contributed by atoms with Crippen LogP contribution >= 0.6 is 0 Å². The fourth-order valence-corrected chi connectivity index (χ4v) is 3.22. The number of carbonyl (C=O) groups excluding carboxylic acids is 1. The predicted molar refractivity (Wildman–Crippen MR) is 93.9 cm³/mol. The van der Waals surface area contributed by atoms with Crippen molar-refractivity contribution in [3.63, 3.8) is 0 Å². The Morgan fingerprint density at radius 2 is 1.96 bits per heavy atom. The van der Waals surface area contributed by atoms with Gasteiger partial charge in [0.1, 0.15) is 0 Å². The van der Waals surface area contributed by atoms with Gasteiger partial charge in [-0.2, -0.15) is 0 Å². The number of carboxylic acids is 1. The number of hydrogen-bond donors (Lipinski definition) is 1. The standard InChI is InChI=1S/C19H28N2O3/c1-3-11-20(4-2)13-15-7-9-16(10-8-15)18(22)21-12-5-6-17(14-21)19(23)24/h7-10,17H,3-6,11-14H2,1-2H3,(H,23,24). The number of carboxylic acid groups (broad SMARTS) is 1. The maximum Gasteiger partial charge on any atom is 0.308 e. The highest BCUT2D eigenvalue weighted by Crippen LogP contribution is 2.19. The van der Waals surface area contributed by atoms with Crippen molar-refractivity contribution in [1.29, 1.82) is 0 Å². The molecule has 0 aromatic heterocycles. The predicted octanol–water partition coefficient (Wildman–Crippen LogP) is 2.86. The van der Waals surface area contributed by atoms with Gasteiger partial charge in [0.25, 0.3) is 5.91 Å². The normalized spacial score (nSPS) is 18.0. The second kappa shape index (κ2) is 8.83. The summed E-state index contributed by atoms with van der Waals surface area (Å²) in [5.41, 5.74) is 1.84. The molecule has 1 amide bonds. The summed E-state index contributed by atoms with van der Waals surface area (Å²) < 4.78 is 0. The zero-order chi connectivity index (χ0) is 17.5. The maximum atomic E-state index is 12.6. The van der Waals surface area contributed by atoms with Crippen molar-refractivity contribution in [1.82, 2.24) is 9.80 Å². The average molecular weight is 332 g/mol. The lowest BCUT2D eigenvalue weighted by atomic mass is 9.97. The van der Waals surface area contributed by atoms with Gasteiger partial charge in [0.2, 0.25) is 0 Å². The third-order valence-corrected chi connectivity index (χ3v) is 4.65. The molecule has 5 nitrogen and oxygen atoms in total. The van der Waals surface area contributed by atoms with Gasteiger partial charge in [-0.3, -0.25) is 14.5 Å². The van der Waals surface area contributed by atoms with E-state index in [-0.39, 0.29) is 5.91 Å². The van der Waals surface area contributed by atoms with Crippen LogP contribution in [0.2, 0.25) is 0 Å². The first kappa shape index (κ1) is 18.5. The molecule has 132 valence electrons. The van der Waals surface area contributed by atoms with E-state index >= 15 is 0 Å². The monoisotopic (exact) mass is 332 g/mol. The van der Waals surface area contributed by atoms with Crippen molar-refractivity contribution >= 4 is 11.9 Å². The molecule has 1 N–H and O–H groups in total. The van der Waals surface area contributed by atoms with Crippen molar-refractivity contribution in [2.75, 3.05) is 26.2 Å². The number of likely N-dealkylation sites (tertiary alicyclic amines) is 1. The minimum absolute atomic E-state index is 0.0617. The van der Waals surface area contributed by atoms with Gasteiger partial charge in [0.15, 0.2) is 0 Å². The van der Waals surface area contributed by atoms with Crippen LogP contribution in [-0.4, -0.2) is 53.0 Å². The van der Waals surface area contributed by atoms with Crippen molar-refractivity contribution in [3.8, 4) is 0 Å². The number of benzene rings is 1. The Balaban J connectivity index is 1.99. The van der Waals surface area contributed by atoms with E-state index in [0.717, 1.165) is 32.5 Å². The van der Waals surface area contributed by atoms with Crippen molar-refractivity contribution < 1.29 is 14.7 Å². The lowest BCUT2D eigenvalue weighted by Crippen LogP contribution is -2.42. The van der Waals surface area contributed by atoms with E-state index in [1.165, 1.54) is 5.56 Å². The Bertz CT molecular complexity index is 556. The minimum atomic E-state index is -0.807. The van der Waals surface area contributed by atoms with Crippen LogP contribution in [0.15, 0.2) is 24.3 Å². The van der Waals surface area contributed by atoms with Crippen molar-refractivity contribution in [2.24, 2.45) is 5.92 Å². The Labute approximate surface area is 144 Å². The smallest absolute Gasteiger partial charge is 0.308 e. The van der Waals surface area contributed by atoms with E-state index in [0.29, 0.717) is 25.1 Å². The lowest BCUT2D eigenvalue weighted by molar-refractivity contribution is -0.143. The number of aliphatic carboxylic acids is 1.